The highest BCUT2D eigenvalue weighted by Crippen LogP contribution is 2.23. The van der Waals surface area contributed by atoms with E-state index in [-0.39, 0.29) is 0 Å². The Morgan fingerprint density at radius 3 is 2.40 bits per heavy atom. The third-order valence-corrected chi connectivity index (χ3v) is 2.88. The van der Waals surface area contributed by atoms with E-state index in [1.54, 1.807) is 36.5 Å². The first-order valence-corrected chi connectivity index (χ1v) is 6.63. The van der Waals surface area contributed by atoms with E-state index >= 15 is 0 Å². The zero-order valence-corrected chi connectivity index (χ0v) is 12.2. The molecule has 1 heterocycles. The third-order valence-electron chi connectivity index (χ3n) is 2.41. The number of carboxylic acids is 1. The molecule has 2 aromatic rings. The summed E-state index contributed by atoms with van der Waals surface area (Å²) < 4.78 is 11.6. The molecule has 0 amide bonds. The maximum atomic E-state index is 10.7. The van der Waals surface area contributed by atoms with E-state index in [4.69, 9.17) is 14.6 Å². The van der Waals surface area contributed by atoms with Gasteiger partial charge in [-0.3, -0.25) is 0 Å². The number of halogens is 1. The first kappa shape index (κ1) is 14.3. The van der Waals surface area contributed by atoms with Crippen molar-refractivity contribution in [1.29, 1.82) is 0 Å². The minimum absolute atomic E-state index is 0.469. The molecule has 0 bridgehead atoms. The van der Waals surface area contributed by atoms with Crippen LogP contribution >= 0.6 is 15.9 Å². The fraction of sp³-hybridized carbons (Fsp3) is 0.143. The lowest BCUT2D eigenvalue weighted by atomic mass is 10.3. The second-order valence-corrected chi connectivity index (χ2v) is 4.90. The average molecular weight is 338 g/mol. The molecule has 1 aromatic carbocycles. The van der Waals surface area contributed by atoms with Gasteiger partial charge in [-0.05, 0) is 53.2 Å². The zero-order valence-electron chi connectivity index (χ0n) is 10.6. The van der Waals surface area contributed by atoms with Gasteiger partial charge < -0.3 is 14.6 Å². The standard InChI is InChI=1S/C14H12BrNO4/c1-9(14(17)18)19-11-3-5-12(6-4-11)20-13-7-2-10(15)8-16-13/h2-9H,1H3,(H,17,18)/t9-/m1/s1. The molecule has 2 rings (SSSR count). The summed E-state index contributed by atoms with van der Waals surface area (Å²) in [7, 11) is 0. The monoisotopic (exact) mass is 337 g/mol. The number of hydrogen-bond donors (Lipinski definition) is 1. The highest BCUT2D eigenvalue weighted by Gasteiger charge is 2.12. The molecule has 0 aliphatic rings. The maximum Gasteiger partial charge on any atom is 0.344 e. The van der Waals surface area contributed by atoms with Crippen molar-refractivity contribution in [3.05, 3.63) is 47.1 Å². The van der Waals surface area contributed by atoms with E-state index in [0.717, 1.165) is 4.47 Å². The van der Waals surface area contributed by atoms with E-state index in [2.05, 4.69) is 20.9 Å². The van der Waals surface area contributed by atoms with Crippen molar-refractivity contribution >= 4 is 21.9 Å². The van der Waals surface area contributed by atoms with E-state index in [1.165, 1.54) is 6.92 Å². The zero-order chi connectivity index (χ0) is 14.5. The Kier molecular flexibility index (Phi) is 4.57. The highest BCUT2D eigenvalue weighted by atomic mass is 79.9. The summed E-state index contributed by atoms with van der Waals surface area (Å²) in [5, 5.41) is 8.75. The van der Waals surface area contributed by atoms with Crippen LogP contribution in [-0.4, -0.2) is 22.2 Å². The Balaban J connectivity index is 2.01. The summed E-state index contributed by atoms with van der Waals surface area (Å²) >= 11 is 3.29. The molecule has 6 heteroatoms. The minimum Gasteiger partial charge on any atom is -0.479 e. The fourth-order valence-corrected chi connectivity index (χ4v) is 1.62. The van der Waals surface area contributed by atoms with Gasteiger partial charge >= 0.3 is 5.97 Å². The van der Waals surface area contributed by atoms with Gasteiger partial charge in [0, 0.05) is 16.7 Å². The molecule has 0 saturated carbocycles. The smallest absolute Gasteiger partial charge is 0.344 e. The van der Waals surface area contributed by atoms with Gasteiger partial charge in [-0.25, -0.2) is 9.78 Å². The number of ether oxygens (including phenoxy) is 2. The highest BCUT2D eigenvalue weighted by molar-refractivity contribution is 9.10. The van der Waals surface area contributed by atoms with Gasteiger partial charge in [-0.1, -0.05) is 0 Å². The number of benzene rings is 1. The Morgan fingerprint density at radius 2 is 1.85 bits per heavy atom. The topological polar surface area (TPSA) is 68.7 Å². The van der Waals surface area contributed by atoms with E-state index in [0.29, 0.717) is 17.4 Å². The number of carboxylic acid groups (broad SMARTS) is 1. The summed E-state index contributed by atoms with van der Waals surface area (Å²) in [6, 6.07) is 10.2. The molecule has 0 aliphatic carbocycles. The van der Waals surface area contributed by atoms with Gasteiger partial charge in [0.2, 0.25) is 5.88 Å². The predicted molar refractivity (Wildman–Crippen MR) is 76.2 cm³/mol. The molecule has 20 heavy (non-hydrogen) atoms. The molecule has 0 aliphatic heterocycles. The molecule has 0 unspecified atom stereocenters. The van der Waals surface area contributed by atoms with Crippen LogP contribution < -0.4 is 9.47 Å². The van der Waals surface area contributed by atoms with Crippen LogP contribution in [0, 0.1) is 0 Å². The van der Waals surface area contributed by atoms with Crippen molar-refractivity contribution in [2.24, 2.45) is 0 Å². The molecule has 1 atom stereocenters. The number of carbonyl (C=O) groups is 1. The fourth-order valence-electron chi connectivity index (χ4n) is 1.38. The normalized spacial score (nSPS) is 11.7. The van der Waals surface area contributed by atoms with Crippen molar-refractivity contribution in [2.75, 3.05) is 0 Å². The Hall–Kier alpha value is -2.08. The van der Waals surface area contributed by atoms with Crippen molar-refractivity contribution in [3.63, 3.8) is 0 Å². The summed E-state index contributed by atoms with van der Waals surface area (Å²) in [6.45, 7) is 1.47. The molecule has 1 aromatic heterocycles. The average Bonchev–Trinajstić information content (AvgIpc) is 2.43. The van der Waals surface area contributed by atoms with Crippen LogP contribution in [0.1, 0.15) is 6.92 Å². The van der Waals surface area contributed by atoms with E-state index in [1.807, 2.05) is 6.07 Å². The minimum atomic E-state index is -1.01. The first-order valence-electron chi connectivity index (χ1n) is 5.83. The second-order valence-electron chi connectivity index (χ2n) is 3.99. The van der Waals surface area contributed by atoms with Crippen molar-refractivity contribution in [2.45, 2.75) is 13.0 Å². The molecular weight excluding hydrogens is 326 g/mol. The molecule has 104 valence electrons. The molecular formula is C14H12BrNO4. The number of aromatic nitrogens is 1. The number of nitrogens with zero attached hydrogens (tertiary/aromatic N) is 1. The summed E-state index contributed by atoms with van der Waals surface area (Å²) in [5.41, 5.74) is 0. The van der Waals surface area contributed by atoms with Crippen LogP contribution in [0.2, 0.25) is 0 Å². The Bertz CT molecular complexity index is 583. The number of pyridine rings is 1. The van der Waals surface area contributed by atoms with Crippen LogP contribution in [0.3, 0.4) is 0 Å². The third kappa shape index (κ3) is 3.96. The Labute approximate surface area is 124 Å². The van der Waals surface area contributed by atoms with Crippen LogP contribution in [0.25, 0.3) is 0 Å². The molecule has 0 radical (unpaired) electrons. The number of hydrogen-bond acceptors (Lipinski definition) is 4. The molecule has 5 nitrogen and oxygen atoms in total. The lowest BCUT2D eigenvalue weighted by molar-refractivity contribution is -0.144. The summed E-state index contributed by atoms with van der Waals surface area (Å²) in [5.74, 6) is 0.524. The molecule has 1 N–H and O–H groups in total. The molecule has 0 spiro atoms. The van der Waals surface area contributed by atoms with Gasteiger partial charge in [0.15, 0.2) is 6.10 Å². The second kappa shape index (κ2) is 6.38. The van der Waals surface area contributed by atoms with E-state index < -0.39 is 12.1 Å². The maximum absolute atomic E-state index is 10.7. The number of rotatable bonds is 5. The molecule has 0 saturated heterocycles. The molecule has 0 fully saturated rings. The SMILES string of the molecule is C[C@@H](Oc1ccc(Oc2ccc(Br)cn2)cc1)C(=O)O. The van der Waals surface area contributed by atoms with Crippen molar-refractivity contribution in [3.8, 4) is 17.4 Å². The summed E-state index contributed by atoms with van der Waals surface area (Å²) in [6.07, 6.45) is 0.747. The summed E-state index contributed by atoms with van der Waals surface area (Å²) in [4.78, 5) is 14.8. The van der Waals surface area contributed by atoms with Gasteiger partial charge in [0.25, 0.3) is 0 Å². The van der Waals surface area contributed by atoms with Gasteiger partial charge in [0.1, 0.15) is 11.5 Å². The van der Waals surface area contributed by atoms with Crippen LogP contribution in [0.15, 0.2) is 47.1 Å². The van der Waals surface area contributed by atoms with Crippen molar-refractivity contribution < 1.29 is 19.4 Å². The predicted octanol–water partition coefficient (Wildman–Crippen LogP) is 3.49. The van der Waals surface area contributed by atoms with Crippen LogP contribution in [0.4, 0.5) is 0 Å². The largest absolute Gasteiger partial charge is 0.479 e. The first-order chi connectivity index (χ1) is 9.54. The lowest BCUT2D eigenvalue weighted by Gasteiger charge is -2.11. The Morgan fingerprint density at radius 1 is 1.20 bits per heavy atom. The van der Waals surface area contributed by atoms with Gasteiger partial charge in [-0.2, -0.15) is 0 Å². The van der Waals surface area contributed by atoms with Crippen molar-refractivity contribution in [1.82, 2.24) is 4.98 Å². The van der Waals surface area contributed by atoms with Gasteiger partial charge in [-0.15, -0.1) is 0 Å². The quantitative estimate of drug-likeness (QED) is 0.904. The lowest BCUT2D eigenvalue weighted by Crippen LogP contribution is -2.22. The van der Waals surface area contributed by atoms with E-state index in [9.17, 15) is 4.79 Å². The van der Waals surface area contributed by atoms with Gasteiger partial charge in [0.05, 0.1) is 0 Å². The van der Waals surface area contributed by atoms with Crippen LogP contribution in [0.5, 0.6) is 17.4 Å². The van der Waals surface area contributed by atoms with Crippen LogP contribution in [-0.2, 0) is 4.79 Å². The number of aliphatic carboxylic acids is 1.